The molecule has 0 spiro atoms. The van der Waals surface area contributed by atoms with Crippen LogP contribution in [-0.4, -0.2) is 47.6 Å². The van der Waals surface area contributed by atoms with Gasteiger partial charge in [0.1, 0.15) is 5.40 Å². The van der Waals surface area contributed by atoms with Crippen LogP contribution in [0.25, 0.3) is 0 Å². The van der Waals surface area contributed by atoms with Crippen molar-refractivity contribution in [3.63, 3.8) is 0 Å². The first kappa shape index (κ1) is 10.6. The van der Waals surface area contributed by atoms with Gasteiger partial charge in [0, 0.05) is 6.42 Å². The Morgan fingerprint density at radius 2 is 1.93 bits per heavy atom. The van der Waals surface area contributed by atoms with Crippen LogP contribution < -0.4 is 0 Å². The number of carbonyl (C=O) groups is 2. The van der Waals surface area contributed by atoms with E-state index in [4.69, 9.17) is 15.1 Å². The Balaban J connectivity index is 2.72. The molecule has 72 valence electrons. The highest BCUT2D eigenvalue weighted by molar-refractivity contribution is 6.90. The smallest absolute Gasteiger partial charge is 0.310 e. The average Bonchev–Trinajstić information content (AvgIpc) is 2.28. The summed E-state index contributed by atoms with van der Waals surface area (Å²) in [5.74, 6) is -2.49. The van der Waals surface area contributed by atoms with Crippen molar-refractivity contribution < 1.29 is 24.6 Å². The Bertz CT molecular complexity index is 287. The summed E-state index contributed by atoms with van der Waals surface area (Å²) in [6.45, 7) is 1.63. The summed E-state index contributed by atoms with van der Waals surface area (Å²) in [6, 6.07) is 0. The lowest BCUT2D eigenvalue weighted by molar-refractivity contribution is 0.104. The molecule has 8 heteroatoms. The zero-order chi connectivity index (χ0) is 10.8. The molecular weight excluding hydrogens is 188 g/mol. The van der Waals surface area contributed by atoms with Crippen molar-refractivity contribution in [2.24, 2.45) is 5.16 Å². The van der Waals surface area contributed by atoms with E-state index in [0.717, 1.165) is 14.6 Å². The molecule has 0 saturated heterocycles. The molecule has 0 bridgehead atoms. The predicted octanol–water partition coefficient (Wildman–Crippen LogP) is 0.201. The topological polar surface area (TPSA) is 96.2 Å². The van der Waals surface area contributed by atoms with Gasteiger partial charge in [-0.2, -0.15) is 0 Å². The molecule has 0 aromatic rings. The standard InChI is InChI=1S/C6H7B2NO5/c1-3-2-6(14-9-3,7-4(10)11)8-5(12)13/h2H2,1H3,(H,10,11)(H,12,13). The molecule has 0 aromatic heterocycles. The van der Waals surface area contributed by atoms with Gasteiger partial charge in [-0.1, -0.05) is 5.16 Å². The predicted molar refractivity (Wildman–Crippen MR) is 49.1 cm³/mol. The van der Waals surface area contributed by atoms with Crippen LogP contribution in [0, 0.1) is 0 Å². The zero-order valence-electron chi connectivity index (χ0n) is 7.43. The Morgan fingerprint density at radius 3 is 2.21 bits per heavy atom. The molecule has 0 atom stereocenters. The van der Waals surface area contributed by atoms with Gasteiger partial charge in [0.15, 0.2) is 0 Å². The van der Waals surface area contributed by atoms with Crippen LogP contribution in [0.3, 0.4) is 0 Å². The first-order valence-corrected chi connectivity index (χ1v) is 3.83. The van der Waals surface area contributed by atoms with Gasteiger partial charge in [-0.3, -0.25) is 9.59 Å². The summed E-state index contributed by atoms with van der Waals surface area (Å²) >= 11 is 0. The second-order valence-corrected chi connectivity index (χ2v) is 3.01. The van der Waals surface area contributed by atoms with Crippen molar-refractivity contribution >= 4 is 32.0 Å². The first-order chi connectivity index (χ1) is 6.43. The Kier molecular flexibility index (Phi) is 2.83. The second kappa shape index (κ2) is 3.73. The average molecular weight is 195 g/mol. The van der Waals surface area contributed by atoms with Gasteiger partial charge in [0.05, 0.1) is 5.71 Å². The van der Waals surface area contributed by atoms with E-state index in [1.165, 1.54) is 0 Å². The van der Waals surface area contributed by atoms with Gasteiger partial charge in [-0.05, 0) is 6.92 Å². The third-order valence-corrected chi connectivity index (χ3v) is 1.64. The Labute approximate surface area is 81.4 Å². The van der Waals surface area contributed by atoms with E-state index in [9.17, 15) is 9.59 Å². The lowest BCUT2D eigenvalue weighted by Crippen LogP contribution is -2.48. The van der Waals surface area contributed by atoms with Crippen molar-refractivity contribution in [2.45, 2.75) is 18.7 Å². The van der Waals surface area contributed by atoms with E-state index in [-0.39, 0.29) is 6.42 Å². The molecule has 1 heterocycles. The number of rotatable bonds is 4. The zero-order valence-corrected chi connectivity index (χ0v) is 7.43. The number of carboxylic acid groups (broad SMARTS) is 2. The number of hydrogen-bond acceptors (Lipinski definition) is 4. The summed E-state index contributed by atoms with van der Waals surface area (Å²) in [5.41, 5.74) is 0.556. The molecule has 2 N–H and O–H groups in total. The third kappa shape index (κ3) is 2.51. The Morgan fingerprint density at radius 1 is 1.43 bits per heavy atom. The maximum Gasteiger partial charge on any atom is 0.310 e. The largest absolute Gasteiger partial charge is 0.490 e. The van der Waals surface area contributed by atoms with Gasteiger partial charge in [0.2, 0.25) is 11.7 Å². The van der Waals surface area contributed by atoms with Crippen LogP contribution >= 0.6 is 0 Å². The molecule has 1 aliphatic heterocycles. The first-order valence-electron chi connectivity index (χ1n) is 3.83. The fourth-order valence-electron chi connectivity index (χ4n) is 1.24. The molecule has 2 radical (unpaired) electrons. The van der Waals surface area contributed by atoms with E-state index in [1.54, 1.807) is 6.92 Å². The summed E-state index contributed by atoms with van der Waals surface area (Å²) in [4.78, 5) is 25.7. The van der Waals surface area contributed by atoms with Gasteiger partial charge in [-0.25, -0.2) is 0 Å². The van der Waals surface area contributed by atoms with Gasteiger partial charge in [0.25, 0.3) is 0 Å². The molecule has 1 rings (SSSR count). The Hall–Kier alpha value is -1.46. The molecule has 0 amide bonds. The molecule has 0 fully saturated rings. The van der Waals surface area contributed by atoms with Crippen molar-refractivity contribution in [2.75, 3.05) is 0 Å². The van der Waals surface area contributed by atoms with Gasteiger partial charge >= 0.3 is 14.6 Å². The summed E-state index contributed by atoms with van der Waals surface area (Å²) < 4.78 is 0. The van der Waals surface area contributed by atoms with Crippen molar-refractivity contribution in [3.05, 3.63) is 0 Å². The molecule has 0 aliphatic carbocycles. The molecule has 6 nitrogen and oxygen atoms in total. The maximum atomic E-state index is 10.4. The van der Waals surface area contributed by atoms with Crippen LogP contribution in [0.1, 0.15) is 13.3 Å². The summed E-state index contributed by atoms with van der Waals surface area (Å²) in [7, 11) is 1.56. The molecule has 0 aromatic carbocycles. The highest BCUT2D eigenvalue weighted by Gasteiger charge is 2.45. The van der Waals surface area contributed by atoms with Gasteiger partial charge in [-0.15, -0.1) is 0 Å². The van der Waals surface area contributed by atoms with Crippen molar-refractivity contribution in [1.29, 1.82) is 0 Å². The summed E-state index contributed by atoms with van der Waals surface area (Å²) in [6.07, 6.45) is 0.144. The van der Waals surface area contributed by atoms with E-state index in [1.807, 2.05) is 0 Å². The number of oxime groups is 1. The molecule has 14 heavy (non-hydrogen) atoms. The van der Waals surface area contributed by atoms with Crippen LogP contribution in [0.15, 0.2) is 5.16 Å². The fourth-order valence-corrected chi connectivity index (χ4v) is 1.24. The minimum atomic E-state index is -1.44. The SMILES string of the molecule is CC1=NOC([B]C(=O)O)([B]C(=O)O)C1. The molecule has 0 saturated carbocycles. The van der Waals surface area contributed by atoms with E-state index >= 15 is 0 Å². The van der Waals surface area contributed by atoms with Crippen molar-refractivity contribution in [3.8, 4) is 0 Å². The monoisotopic (exact) mass is 195 g/mol. The summed E-state index contributed by atoms with van der Waals surface area (Å²) in [5, 5.41) is 19.2. The minimum absolute atomic E-state index is 0.144. The second-order valence-electron chi connectivity index (χ2n) is 3.01. The molecule has 1 aliphatic rings. The lowest BCUT2D eigenvalue weighted by atomic mass is 9.40. The quantitative estimate of drug-likeness (QED) is 0.624. The number of nitrogens with zero attached hydrogens (tertiary/aromatic N) is 1. The molecule has 0 unspecified atom stereocenters. The lowest BCUT2D eigenvalue weighted by Gasteiger charge is -2.20. The van der Waals surface area contributed by atoms with Crippen LogP contribution in [0.4, 0.5) is 9.59 Å². The van der Waals surface area contributed by atoms with E-state index < -0.39 is 17.1 Å². The maximum absolute atomic E-state index is 10.4. The van der Waals surface area contributed by atoms with Crippen molar-refractivity contribution in [1.82, 2.24) is 0 Å². The van der Waals surface area contributed by atoms with Crippen LogP contribution in [0.5, 0.6) is 0 Å². The molecular formula is C6H7B2NO5. The van der Waals surface area contributed by atoms with Gasteiger partial charge < -0.3 is 15.1 Å². The van der Waals surface area contributed by atoms with E-state index in [2.05, 4.69) is 5.16 Å². The highest BCUT2D eigenvalue weighted by Crippen LogP contribution is 2.22. The fraction of sp³-hybridized carbons (Fsp3) is 0.500. The van der Waals surface area contributed by atoms with E-state index in [0.29, 0.717) is 5.71 Å². The minimum Gasteiger partial charge on any atom is -0.490 e. The van der Waals surface area contributed by atoms with Crippen LogP contribution in [-0.2, 0) is 4.84 Å². The number of hydrogen-bond donors (Lipinski definition) is 2. The van der Waals surface area contributed by atoms with Crippen LogP contribution in [0.2, 0.25) is 0 Å². The third-order valence-electron chi connectivity index (χ3n) is 1.64. The normalized spacial score (nSPS) is 17.9. The highest BCUT2D eigenvalue weighted by atomic mass is 16.7.